The van der Waals surface area contributed by atoms with Crippen molar-refractivity contribution in [2.75, 3.05) is 13.2 Å². The van der Waals surface area contributed by atoms with E-state index < -0.39 is 23.6 Å². The SMILES string of the molecule is Cc1ccc(C)c(OC[C@@H](O)CN2C(=O)N[C@@](C)(c3ccco3)C2=O)c1C. The molecule has 2 aromatic rings. The van der Waals surface area contributed by atoms with Crippen molar-refractivity contribution < 1.29 is 23.8 Å². The van der Waals surface area contributed by atoms with Crippen LogP contribution in [0.3, 0.4) is 0 Å². The van der Waals surface area contributed by atoms with E-state index >= 15 is 0 Å². The Morgan fingerprint density at radius 2 is 1.93 bits per heavy atom. The number of amides is 3. The van der Waals surface area contributed by atoms with Gasteiger partial charge in [0, 0.05) is 0 Å². The molecule has 1 fully saturated rings. The van der Waals surface area contributed by atoms with Gasteiger partial charge in [-0.05, 0) is 56.5 Å². The Morgan fingerprint density at radius 1 is 1.22 bits per heavy atom. The Morgan fingerprint density at radius 3 is 2.59 bits per heavy atom. The van der Waals surface area contributed by atoms with Gasteiger partial charge in [-0.3, -0.25) is 9.69 Å². The first-order valence-corrected chi connectivity index (χ1v) is 8.80. The number of aliphatic hydroxyl groups excluding tert-OH is 1. The minimum Gasteiger partial charge on any atom is -0.490 e. The molecule has 27 heavy (non-hydrogen) atoms. The molecule has 0 bridgehead atoms. The van der Waals surface area contributed by atoms with Gasteiger partial charge in [-0.25, -0.2) is 4.79 Å². The van der Waals surface area contributed by atoms with E-state index in [-0.39, 0.29) is 13.2 Å². The minimum absolute atomic E-state index is 0.0281. The molecule has 3 amide bonds. The lowest BCUT2D eigenvalue weighted by molar-refractivity contribution is -0.132. The summed E-state index contributed by atoms with van der Waals surface area (Å²) in [5.41, 5.74) is 1.78. The van der Waals surface area contributed by atoms with E-state index in [1.54, 1.807) is 19.1 Å². The van der Waals surface area contributed by atoms with Gasteiger partial charge < -0.3 is 19.6 Å². The number of urea groups is 1. The smallest absolute Gasteiger partial charge is 0.325 e. The molecule has 2 atom stereocenters. The standard InChI is InChI=1S/C20H24N2O5/c1-12-7-8-13(2)17(14(12)3)27-11-15(23)10-22-18(24)20(4,21-19(22)25)16-6-5-9-26-16/h5-9,15,23H,10-11H2,1-4H3,(H,21,25)/t15-,20-/m0/s1. The lowest BCUT2D eigenvalue weighted by Crippen LogP contribution is -2.42. The number of ether oxygens (including phenoxy) is 1. The zero-order valence-electron chi connectivity index (χ0n) is 15.9. The molecular weight excluding hydrogens is 348 g/mol. The van der Waals surface area contributed by atoms with Crippen LogP contribution in [-0.4, -0.2) is 41.2 Å². The van der Waals surface area contributed by atoms with Crippen LogP contribution in [0.5, 0.6) is 5.75 Å². The van der Waals surface area contributed by atoms with Crippen LogP contribution in [0.4, 0.5) is 4.79 Å². The van der Waals surface area contributed by atoms with Crippen LogP contribution in [0.2, 0.25) is 0 Å². The molecule has 0 saturated carbocycles. The van der Waals surface area contributed by atoms with Crippen molar-refractivity contribution in [1.29, 1.82) is 0 Å². The van der Waals surface area contributed by atoms with E-state index in [9.17, 15) is 14.7 Å². The van der Waals surface area contributed by atoms with Gasteiger partial charge in [0.05, 0.1) is 12.8 Å². The van der Waals surface area contributed by atoms with Crippen molar-refractivity contribution in [3.8, 4) is 5.75 Å². The molecule has 1 aromatic carbocycles. The van der Waals surface area contributed by atoms with E-state index in [1.165, 1.54) is 6.26 Å². The number of hydrogen-bond donors (Lipinski definition) is 2. The number of imide groups is 1. The van der Waals surface area contributed by atoms with Gasteiger partial charge in [-0.15, -0.1) is 0 Å². The first kappa shape index (κ1) is 19.0. The summed E-state index contributed by atoms with van der Waals surface area (Å²) in [5, 5.41) is 13.0. The highest BCUT2D eigenvalue weighted by Gasteiger charge is 2.51. The molecule has 144 valence electrons. The van der Waals surface area contributed by atoms with Crippen LogP contribution in [0.1, 0.15) is 29.4 Å². The molecule has 2 N–H and O–H groups in total. The number of nitrogens with zero attached hydrogens (tertiary/aromatic N) is 1. The van der Waals surface area contributed by atoms with Crippen LogP contribution < -0.4 is 10.1 Å². The van der Waals surface area contributed by atoms with E-state index in [0.29, 0.717) is 11.5 Å². The number of nitrogens with one attached hydrogen (secondary N) is 1. The number of rotatable bonds is 6. The van der Waals surface area contributed by atoms with Crippen molar-refractivity contribution in [3.05, 3.63) is 53.0 Å². The topological polar surface area (TPSA) is 92.0 Å². The highest BCUT2D eigenvalue weighted by molar-refractivity contribution is 6.06. The second kappa shape index (κ2) is 7.08. The minimum atomic E-state index is -1.27. The zero-order valence-corrected chi connectivity index (χ0v) is 15.9. The number of benzene rings is 1. The third kappa shape index (κ3) is 3.42. The predicted octanol–water partition coefficient (Wildman–Crippen LogP) is 2.41. The van der Waals surface area contributed by atoms with Crippen molar-refractivity contribution >= 4 is 11.9 Å². The summed E-state index contributed by atoms with van der Waals surface area (Å²) >= 11 is 0. The number of furan rings is 1. The maximum absolute atomic E-state index is 12.7. The van der Waals surface area contributed by atoms with E-state index in [4.69, 9.17) is 9.15 Å². The number of β-amino-alcohol motifs (C(OH)–C–C–N with tert-alkyl or cyclic N) is 1. The quantitative estimate of drug-likeness (QED) is 0.760. The van der Waals surface area contributed by atoms with Crippen molar-refractivity contribution in [2.24, 2.45) is 0 Å². The molecule has 7 nitrogen and oxygen atoms in total. The largest absolute Gasteiger partial charge is 0.490 e. The lowest BCUT2D eigenvalue weighted by atomic mass is 9.99. The molecule has 2 heterocycles. The van der Waals surface area contributed by atoms with Crippen LogP contribution in [0.15, 0.2) is 34.9 Å². The molecule has 1 aliphatic heterocycles. The first-order valence-electron chi connectivity index (χ1n) is 8.80. The number of hydrogen-bond acceptors (Lipinski definition) is 5. The maximum Gasteiger partial charge on any atom is 0.325 e. The summed E-state index contributed by atoms with van der Waals surface area (Å²) in [6.07, 6.45) is 0.427. The Balaban J connectivity index is 1.66. The highest BCUT2D eigenvalue weighted by Crippen LogP contribution is 2.29. The Bertz CT molecular complexity index is 862. The molecule has 1 saturated heterocycles. The predicted molar refractivity (Wildman–Crippen MR) is 98.5 cm³/mol. The second-order valence-electron chi connectivity index (χ2n) is 7.07. The van der Waals surface area contributed by atoms with Crippen molar-refractivity contribution in [2.45, 2.75) is 39.3 Å². The summed E-state index contributed by atoms with van der Waals surface area (Å²) in [6, 6.07) is 6.68. The molecular formula is C20H24N2O5. The van der Waals surface area contributed by atoms with E-state index in [1.807, 2.05) is 32.9 Å². The molecule has 7 heteroatoms. The summed E-state index contributed by atoms with van der Waals surface area (Å²) in [4.78, 5) is 26.0. The van der Waals surface area contributed by atoms with E-state index in [2.05, 4.69) is 5.32 Å². The maximum atomic E-state index is 12.7. The number of carbonyl (C=O) groups excluding carboxylic acids is 2. The molecule has 1 aliphatic rings. The number of aryl methyl sites for hydroxylation is 2. The molecule has 0 aliphatic carbocycles. The Hall–Kier alpha value is -2.80. The lowest BCUT2D eigenvalue weighted by Gasteiger charge is -2.21. The van der Waals surface area contributed by atoms with Gasteiger partial charge in [-0.1, -0.05) is 12.1 Å². The Kier molecular flexibility index (Phi) is 4.97. The molecule has 1 aromatic heterocycles. The van der Waals surface area contributed by atoms with Gasteiger partial charge >= 0.3 is 6.03 Å². The number of carbonyl (C=O) groups is 2. The van der Waals surface area contributed by atoms with E-state index in [0.717, 1.165) is 21.6 Å². The fourth-order valence-corrected chi connectivity index (χ4v) is 3.18. The monoisotopic (exact) mass is 372 g/mol. The fraction of sp³-hybridized carbons (Fsp3) is 0.400. The van der Waals surface area contributed by atoms with Crippen LogP contribution in [0, 0.1) is 20.8 Å². The third-order valence-corrected chi connectivity index (χ3v) is 4.98. The summed E-state index contributed by atoms with van der Waals surface area (Å²) in [5.74, 6) is 0.594. The van der Waals surface area contributed by atoms with Crippen LogP contribution in [-0.2, 0) is 10.3 Å². The zero-order chi connectivity index (χ0) is 19.8. The van der Waals surface area contributed by atoms with Gasteiger partial charge in [0.2, 0.25) is 0 Å². The summed E-state index contributed by atoms with van der Waals surface area (Å²) in [7, 11) is 0. The first-order chi connectivity index (χ1) is 12.7. The number of aliphatic hydroxyl groups is 1. The van der Waals surface area contributed by atoms with Crippen molar-refractivity contribution in [1.82, 2.24) is 10.2 Å². The fourth-order valence-electron chi connectivity index (χ4n) is 3.18. The van der Waals surface area contributed by atoms with Crippen LogP contribution >= 0.6 is 0 Å². The van der Waals surface area contributed by atoms with Gasteiger partial charge in [0.25, 0.3) is 5.91 Å². The normalized spacial score (nSPS) is 20.7. The summed E-state index contributed by atoms with van der Waals surface area (Å²) in [6.45, 7) is 7.26. The molecule has 0 unspecified atom stereocenters. The molecule has 3 rings (SSSR count). The van der Waals surface area contributed by atoms with Crippen LogP contribution in [0.25, 0.3) is 0 Å². The average Bonchev–Trinajstić information content (AvgIpc) is 3.23. The van der Waals surface area contributed by atoms with Gasteiger partial charge in [0.15, 0.2) is 5.54 Å². The molecule has 0 spiro atoms. The second-order valence-corrected chi connectivity index (χ2v) is 7.07. The van der Waals surface area contributed by atoms with Crippen molar-refractivity contribution in [3.63, 3.8) is 0 Å². The highest BCUT2D eigenvalue weighted by atomic mass is 16.5. The van der Waals surface area contributed by atoms with Gasteiger partial charge in [-0.2, -0.15) is 0 Å². The average molecular weight is 372 g/mol. The molecule has 0 radical (unpaired) electrons. The van der Waals surface area contributed by atoms with Gasteiger partial charge in [0.1, 0.15) is 24.2 Å². The Labute approximate surface area is 157 Å². The summed E-state index contributed by atoms with van der Waals surface area (Å²) < 4.78 is 11.1. The third-order valence-electron chi connectivity index (χ3n) is 4.98.